The molecule has 0 saturated carbocycles. The first-order valence-electron chi connectivity index (χ1n) is 6.73. The highest BCUT2D eigenvalue weighted by atomic mass is 32.2. The molecule has 0 unspecified atom stereocenters. The third kappa shape index (κ3) is 2.91. The minimum Gasteiger partial charge on any atom is -0.306 e. The molecule has 0 spiro atoms. The maximum absolute atomic E-state index is 13.0. The molecule has 0 aliphatic carbocycles. The van der Waals surface area contributed by atoms with Crippen LogP contribution in [0.5, 0.6) is 0 Å². The summed E-state index contributed by atoms with van der Waals surface area (Å²) in [4.78, 5) is 4.81. The van der Waals surface area contributed by atoms with Gasteiger partial charge in [0.1, 0.15) is 0 Å². The van der Waals surface area contributed by atoms with Crippen LogP contribution in [-0.2, 0) is 10.0 Å². The summed E-state index contributed by atoms with van der Waals surface area (Å²) in [7, 11) is -3.69. The summed E-state index contributed by atoms with van der Waals surface area (Å²) < 4.78 is 29.1. The molecule has 21 heavy (non-hydrogen) atoms. The highest BCUT2D eigenvalue weighted by Gasteiger charge is 2.33. The number of hydrogen-bond donors (Lipinski definition) is 2. The van der Waals surface area contributed by atoms with E-state index < -0.39 is 10.0 Å². The molecule has 0 atom stereocenters. The topological polar surface area (TPSA) is 92.7 Å². The van der Waals surface area contributed by atoms with E-state index in [1.165, 1.54) is 15.6 Å². The van der Waals surface area contributed by atoms with Gasteiger partial charge in [-0.25, -0.2) is 14.3 Å². The minimum atomic E-state index is -3.69. The van der Waals surface area contributed by atoms with Gasteiger partial charge in [0.15, 0.2) is 10.8 Å². The molecule has 0 aliphatic heterocycles. The smallest absolute Gasteiger partial charge is 0.263 e. The molecule has 7 nitrogen and oxygen atoms in total. The second kappa shape index (κ2) is 5.91. The Hall–Kier alpha value is -1.16. The van der Waals surface area contributed by atoms with E-state index in [1.807, 2.05) is 27.7 Å². The van der Waals surface area contributed by atoms with Crippen molar-refractivity contribution in [3.05, 3.63) is 11.6 Å². The van der Waals surface area contributed by atoms with Crippen LogP contribution in [0.15, 0.2) is 16.6 Å². The molecule has 118 valence electrons. The summed E-state index contributed by atoms with van der Waals surface area (Å²) in [6.07, 6.45) is 1.69. The van der Waals surface area contributed by atoms with Gasteiger partial charge >= 0.3 is 0 Å². The summed E-state index contributed by atoms with van der Waals surface area (Å²) >= 11 is 1.36. The monoisotopic (exact) mass is 331 g/mol. The van der Waals surface area contributed by atoms with Crippen molar-refractivity contribution in [2.75, 3.05) is 12.0 Å². The number of rotatable bonds is 6. The zero-order chi connectivity index (χ0) is 15.8. The first-order valence-corrected chi connectivity index (χ1v) is 9.05. The van der Waals surface area contributed by atoms with Gasteiger partial charge in [0, 0.05) is 24.2 Å². The summed E-state index contributed by atoms with van der Waals surface area (Å²) in [6.45, 7) is 8.15. The molecule has 0 radical (unpaired) electrons. The molecule has 0 fully saturated rings. The van der Waals surface area contributed by atoms with Crippen LogP contribution in [0.2, 0.25) is 0 Å². The fourth-order valence-electron chi connectivity index (χ4n) is 2.16. The number of nitrogen functional groups attached to an aromatic ring is 1. The number of nitrogens with one attached hydrogen (secondary N) is 1. The number of aromatic nitrogens is 2. The molecule has 3 N–H and O–H groups in total. The molecule has 2 aromatic rings. The van der Waals surface area contributed by atoms with Gasteiger partial charge in [-0.05, 0) is 19.8 Å². The van der Waals surface area contributed by atoms with Crippen LogP contribution >= 0.6 is 11.3 Å². The average Bonchev–Trinajstić information content (AvgIpc) is 2.93. The van der Waals surface area contributed by atoms with Crippen LogP contribution < -0.4 is 11.3 Å². The van der Waals surface area contributed by atoms with Gasteiger partial charge in [0.2, 0.25) is 5.03 Å². The largest absolute Gasteiger partial charge is 0.306 e. The van der Waals surface area contributed by atoms with Crippen molar-refractivity contribution in [2.45, 2.75) is 38.8 Å². The average molecular weight is 331 g/mol. The highest BCUT2D eigenvalue weighted by molar-refractivity contribution is 7.89. The van der Waals surface area contributed by atoms with Crippen LogP contribution in [0.3, 0.4) is 0 Å². The van der Waals surface area contributed by atoms with E-state index in [9.17, 15) is 8.42 Å². The SMILES string of the molecule is CC(C)CN(C(C)C)S(=O)(=O)c1c(NN)nc2sccn12. The Morgan fingerprint density at radius 1 is 1.43 bits per heavy atom. The van der Waals surface area contributed by atoms with Gasteiger partial charge in [0.05, 0.1) is 0 Å². The number of nitrogens with two attached hydrogens (primary N) is 1. The Bertz CT molecular complexity index is 717. The first kappa shape index (κ1) is 16.2. The van der Waals surface area contributed by atoms with Crippen molar-refractivity contribution in [3.63, 3.8) is 0 Å². The lowest BCUT2D eigenvalue weighted by Gasteiger charge is -2.27. The molecule has 0 aromatic carbocycles. The molecule has 9 heteroatoms. The van der Waals surface area contributed by atoms with Crippen LogP contribution in [0.4, 0.5) is 5.82 Å². The van der Waals surface area contributed by atoms with E-state index in [2.05, 4.69) is 10.4 Å². The number of sulfonamides is 1. The first-order chi connectivity index (χ1) is 9.78. The van der Waals surface area contributed by atoms with Crippen molar-refractivity contribution in [2.24, 2.45) is 11.8 Å². The lowest BCUT2D eigenvalue weighted by Crippen LogP contribution is -2.40. The van der Waals surface area contributed by atoms with Crippen LogP contribution in [0.25, 0.3) is 4.96 Å². The fourth-order valence-corrected chi connectivity index (χ4v) is 4.95. The van der Waals surface area contributed by atoms with Gasteiger partial charge < -0.3 is 5.43 Å². The highest BCUT2D eigenvalue weighted by Crippen LogP contribution is 2.29. The zero-order valence-electron chi connectivity index (χ0n) is 12.6. The van der Waals surface area contributed by atoms with Crippen LogP contribution in [0, 0.1) is 5.92 Å². The van der Waals surface area contributed by atoms with Crippen molar-refractivity contribution >= 4 is 32.1 Å². The molecule has 0 amide bonds. The predicted octanol–water partition coefficient (Wildman–Crippen LogP) is 1.74. The molecular weight excluding hydrogens is 310 g/mol. The van der Waals surface area contributed by atoms with Crippen molar-refractivity contribution in [1.82, 2.24) is 13.7 Å². The molecule has 2 heterocycles. The fraction of sp³-hybridized carbons (Fsp3) is 0.583. The maximum Gasteiger partial charge on any atom is 0.263 e. The zero-order valence-corrected chi connectivity index (χ0v) is 14.2. The van der Waals surface area contributed by atoms with E-state index in [1.54, 1.807) is 16.0 Å². The molecule has 0 bridgehead atoms. The normalized spacial score (nSPS) is 13.0. The standard InChI is InChI=1S/C12H21N5O2S2/c1-8(2)7-17(9(3)4)21(18,19)11-10(15-13)14-12-16(11)5-6-20-12/h5-6,8-9,15H,7,13H2,1-4H3. The number of hydrogen-bond acceptors (Lipinski definition) is 6. The quantitative estimate of drug-likeness (QED) is 0.621. The van der Waals surface area contributed by atoms with Crippen LogP contribution in [0.1, 0.15) is 27.7 Å². The number of imidazole rings is 1. The number of thiazole rings is 1. The minimum absolute atomic E-state index is 0.0931. The van der Waals surface area contributed by atoms with Crippen LogP contribution in [-0.4, -0.2) is 34.7 Å². The van der Waals surface area contributed by atoms with Crippen molar-refractivity contribution in [1.29, 1.82) is 0 Å². The second-order valence-corrected chi connectivity index (χ2v) is 8.21. The summed E-state index contributed by atoms with van der Waals surface area (Å²) in [5, 5.41) is 1.89. The van der Waals surface area contributed by atoms with Crippen molar-refractivity contribution in [3.8, 4) is 0 Å². The summed E-state index contributed by atoms with van der Waals surface area (Å²) in [5.74, 6) is 5.85. The molecular formula is C12H21N5O2S2. The molecule has 2 rings (SSSR count). The summed E-state index contributed by atoms with van der Waals surface area (Å²) in [5.41, 5.74) is 2.39. The number of fused-ring (bicyclic) bond motifs is 1. The Morgan fingerprint density at radius 3 is 2.62 bits per heavy atom. The van der Waals surface area contributed by atoms with Gasteiger partial charge in [-0.1, -0.05) is 13.8 Å². The lowest BCUT2D eigenvalue weighted by atomic mass is 10.2. The third-order valence-corrected chi connectivity index (χ3v) is 5.85. The summed E-state index contributed by atoms with van der Waals surface area (Å²) in [6, 6.07) is -0.146. The van der Waals surface area contributed by atoms with Gasteiger partial charge in [-0.3, -0.25) is 4.40 Å². The van der Waals surface area contributed by atoms with E-state index in [-0.39, 0.29) is 22.8 Å². The molecule has 0 saturated heterocycles. The predicted molar refractivity (Wildman–Crippen MR) is 84.7 cm³/mol. The van der Waals surface area contributed by atoms with Gasteiger partial charge in [-0.2, -0.15) is 9.29 Å². The maximum atomic E-state index is 13.0. The number of anilines is 1. The third-order valence-electron chi connectivity index (χ3n) is 3.03. The van der Waals surface area contributed by atoms with E-state index in [0.29, 0.717) is 11.5 Å². The Labute approximate surface area is 128 Å². The van der Waals surface area contributed by atoms with Crippen molar-refractivity contribution < 1.29 is 8.42 Å². The molecule has 0 aliphatic rings. The van der Waals surface area contributed by atoms with E-state index in [4.69, 9.17) is 5.84 Å². The van der Waals surface area contributed by atoms with Gasteiger partial charge in [-0.15, -0.1) is 11.3 Å². The second-order valence-electron chi connectivity index (χ2n) is 5.53. The number of nitrogens with zero attached hydrogens (tertiary/aromatic N) is 3. The molecule has 2 aromatic heterocycles. The Kier molecular flexibility index (Phi) is 4.57. The number of hydrazine groups is 1. The van der Waals surface area contributed by atoms with E-state index in [0.717, 1.165) is 0 Å². The van der Waals surface area contributed by atoms with E-state index >= 15 is 0 Å². The van der Waals surface area contributed by atoms with Gasteiger partial charge in [0.25, 0.3) is 10.0 Å². The lowest BCUT2D eigenvalue weighted by molar-refractivity contribution is 0.318. The Balaban J connectivity index is 2.61. The Morgan fingerprint density at radius 2 is 2.10 bits per heavy atom.